The first kappa shape index (κ1) is 87.4. The minimum Gasteiger partial charge on any atom is -0.463 e. The highest BCUT2D eigenvalue weighted by Gasteiger charge is 2.72. The van der Waals surface area contributed by atoms with Crippen LogP contribution in [0.15, 0.2) is 0 Å². The minimum atomic E-state index is -0.900. The summed E-state index contributed by atoms with van der Waals surface area (Å²) in [7, 11) is 0. The predicted molar refractivity (Wildman–Crippen MR) is 438 cm³/mol. The molecule has 0 aromatic carbocycles. The van der Waals surface area contributed by atoms with E-state index in [2.05, 4.69) is 76.2 Å². The lowest BCUT2D eigenvalue weighted by atomic mass is 9.58. The number of esters is 3. The summed E-state index contributed by atoms with van der Waals surface area (Å²) in [5.74, 6) is 22.5. The second kappa shape index (κ2) is 34.0. The van der Waals surface area contributed by atoms with Gasteiger partial charge in [-0.3, -0.25) is 9.59 Å². The van der Waals surface area contributed by atoms with Crippen LogP contribution < -0.4 is 0 Å². The van der Waals surface area contributed by atoms with Gasteiger partial charge in [-0.2, -0.15) is 0 Å². The molecule has 21 rings (SSSR count). The number of rotatable bonds is 16. The fraction of sp³-hybridized carbons (Fsp3) is 0.969. The van der Waals surface area contributed by atoms with Crippen LogP contribution in [0, 0.1) is 188 Å². The van der Waals surface area contributed by atoms with Gasteiger partial charge in [-0.15, -0.1) is 0 Å². The zero-order chi connectivity index (χ0) is 75.4. The first-order valence-electron chi connectivity index (χ1n) is 46.4. The zero-order valence-corrected chi connectivity index (χ0v) is 69.5. The molecule has 0 amide bonds. The zero-order valence-electron chi connectivity index (χ0n) is 69.5. The molecule has 21 fully saturated rings. The van der Waals surface area contributed by atoms with E-state index in [9.17, 15) is 14.4 Å². The van der Waals surface area contributed by atoms with Gasteiger partial charge in [0.2, 0.25) is 0 Å². The number of unbranched alkanes of at least 4 members (excludes halogenated alkanes) is 3. The van der Waals surface area contributed by atoms with Gasteiger partial charge in [0.25, 0.3) is 6.29 Å². The van der Waals surface area contributed by atoms with Crippen molar-refractivity contribution in [3.05, 3.63) is 0 Å². The van der Waals surface area contributed by atoms with Gasteiger partial charge in [-0.25, -0.2) is 4.79 Å². The van der Waals surface area contributed by atoms with Gasteiger partial charge < -0.3 is 61.6 Å². The van der Waals surface area contributed by atoms with E-state index in [-0.39, 0.29) is 95.4 Å². The largest absolute Gasteiger partial charge is 0.463 e. The Hall–Kier alpha value is -1.99. The van der Waals surface area contributed by atoms with Crippen molar-refractivity contribution in [1.82, 2.24) is 0 Å². The highest BCUT2D eigenvalue weighted by molar-refractivity contribution is 5.74. The van der Waals surface area contributed by atoms with Gasteiger partial charge in [-0.1, -0.05) is 131 Å². The van der Waals surface area contributed by atoms with Crippen molar-refractivity contribution in [3.63, 3.8) is 0 Å². The fourth-order valence-corrected chi connectivity index (χ4v) is 32.0. The lowest BCUT2D eigenvalue weighted by Gasteiger charge is -2.52. The second-order valence-electron chi connectivity index (χ2n) is 42.7. The Bertz CT molecular complexity index is 3200. The summed E-state index contributed by atoms with van der Waals surface area (Å²) < 4.78 is 77.8. The summed E-state index contributed by atoms with van der Waals surface area (Å²) in [6, 6.07) is 0. The van der Waals surface area contributed by atoms with E-state index in [1.165, 1.54) is 103 Å². The van der Waals surface area contributed by atoms with E-state index in [0.29, 0.717) is 75.3 Å². The molecule has 0 radical (unpaired) electrons. The van der Waals surface area contributed by atoms with E-state index < -0.39 is 23.8 Å². The highest BCUT2D eigenvalue weighted by atomic mass is 16.8. The van der Waals surface area contributed by atoms with E-state index in [4.69, 9.17) is 61.6 Å². The van der Waals surface area contributed by atoms with Crippen LogP contribution in [-0.2, 0) is 76.0 Å². The highest BCUT2D eigenvalue weighted by Crippen LogP contribution is 2.76. The average Bonchev–Trinajstić information content (AvgIpc) is 1.53. The first-order valence-corrected chi connectivity index (χ1v) is 46.4. The van der Waals surface area contributed by atoms with Crippen LogP contribution in [0.3, 0.4) is 0 Å². The monoisotopic (exact) mass is 1580 g/mol. The SMILES string of the molecule is C.C.C.C.CC1C(C)C2CC1C1C3CC(C(=O)OCC4COC5(CCCCC5)O4)C(C3)C21.CC1C2CC(C1C)C1(COC(C(=O)OCC3COC4(CCCCC4)O3)OC1)C2.CCCCC1(C)OCC(COC(=O)C2CC3CC2C2C4CC(C(C)C4C)C32)O1.CCCCCC1(C)OCC2(CO1)CC1CC2C2C3CC(C(C)C3C)C12. The van der Waals surface area contributed by atoms with Crippen LogP contribution in [-0.4, -0.2) is 132 Å². The third-order valence-corrected chi connectivity index (χ3v) is 37.8. The van der Waals surface area contributed by atoms with Crippen molar-refractivity contribution in [2.75, 3.05) is 66.1 Å². The molecule has 113 heavy (non-hydrogen) atoms. The molecule has 21 aliphatic rings. The Morgan fingerprint density at radius 2 is 0.761 bits per heavy atom. The van der Waals surface area contributed by atoms with E-state index in [0.717, 1.165) is 232 Å². The van der Waals surface area contributed by atoms with Crippen LogP contribution in [0.5, 0.6) is 0 Å². The molecule has 4 spiro atoms. The molecule has 5 saturated heterocycles. The maximum absolute atomic E-state index is 13.0. The summed E-state index contributed by atoms with van der Waals surface area (Å²) in [6.45, 7) is 34.0. The molecule has 0 N–H and O–H groups in total. The van der Waals surface area contributed by atoms with E-state index in [1.54, 1.807) is 0 Å². The molecule has 0 aromatic heterocycles. The summed E-state index contributed by atoms with van der Waals surface area (Å²) in [5.41, 5.74) is 0.465. The van der Waals surface area contributed by atoms with Crippen molar-refractivity contribution in [3.8, 4) is 0 Å². The topological polar surface area (TPSA) is 171 Å². The van der Waals surface area contributed by atoms with Crippen molar-refractivity contribution in [1.29, 1.82) is 0 Å². The molecule has 16 saturated carbocycles. The third-order valence-electron chi connectivity index (χ3n) is 37.8. The second-order valence-corrected chi connectivity index (χ2v) is 42.7. The van der Waals surface area contributed by atoms with Gasteiger partial charge in [0, 0.05) is 49.4 Å². The first-order chi connectivity index (χ1) is 52.5. The van der Waals surface area contributed by atoms with Crippen molar-refractivity contribution in [2.24, 2.45) is 188 Å². The number of ether oxygens (including phenoxy) is 13. The number of fused-ring (bicyclic) bond motifs is 31. The van der Waals surface area contributed by atoms with E-state index in [1.807, 2.05) is 6.92 Å². The number of hydrogen-bond acceptors (Lipinski definition) is 16. The summed E-state index contributed by atoms with van der Waals surface area (Å²) in [5, 5.41) is 0. The molecule has 34 unspecified atom stereocenters. The van der Waals surface area contributed by atoms with Crippen molar-refractivity contribution >= 4 is 17.9 Å². The number of carbonyl (C=O) groups excluding carboxylic acids is 3. The van der Waals surface area contributed by atoms with Crippen LogP contribution in [0.4, 0.5) is 0 Å². The quantitative estimate of drug-likeness (QED) is 0.0618. The molecular weight excluding hydrogens is 1420 g/mol. The van der Waals surface area contributed by atoms with Crippen LogP contribution >= 0.6 is 0 Å². The Kier molecular flexibility index (Phi) is 26.3. The van der Waals surface area contributed by atoms with Gasteiger partial charge in [0.05, 0.1) is 58.1 Å². The summed E-state index contributed by atoms with van der Waals surface area (Å²) in [6.07, 6.45) is 32.2. The lowest BCUT2D eigenvalue weighted by molar-refractivity contribution is -0.310. The molecule has 5 heterocycles. The normalized spacial score (nSPS) is 51.2. The number of carbonyl (C=O) groups is 3. The molecule has 0 aromatic rings. The Balaban J connectivity index is 0.000000124. The summed E-state index contributed by atoms with van der Waals surface area (Å²) >= 11 is 0. The molecule has 16 heteroatoms. The van der Waals surface area contributed by atoms with Crippen molar-refractivity contribution < 1.29 is 76.0 Å². The molecular formula is C97H162O16. The molecule has 646 valence electrons. The Labute approximate surface area is 685 Å². The fourth-order valence-electron chi connectivity index (χ4n) is 32.0. The van der Waals surface area contributed by atoms with Gasteiger partial charge in [-0.05, 0) is 289 Å². The Morgan fingerprint density at radius 1 is 0.354 bits per heavy atom. The van der Waals surface area contributed by atoms with Gasteiger partial charge in [0.1, 0.15) is 38.1 Å². The molecule has 34 atom stereocenters. The summed E-state index contributed by atoms with van der Waals surface area (Å²) in [4.78, 5) is 38.4. The van der Waals surface area contributed by atoms with Gasteiger partial charge >= 0.3 is 17.9 Å². The lowest BCUT2D eigenvalue weighted by Crippen LogP contribution is -2.54. The van der Waals surface area contributed by atoms with Crippen molar-refractivity contribution in [2.45, 2.75) is 340 Å². The molecule has 14 bridgehead atoms. The minimum absolute atomic E-state index is 0. The molecule has 16 aliphatic carbocycles. The smallest absolute Gasteiger partial charge is 0.363 e. The predicted octanol–water partition coefficient (Wildman–Crippen LogP) is 20.4. The van der Waals surface area contributed by atoms with E-state index >= 15 is 0 Å². The third kappa shape index (κ3) is 15.4. The van der Waals surface area contributed by atoms with Crippen LogP contribution in [0.25, 0.3) is 0 Å². The molecule has 5 aliphatic heterocycles. The van der Waals surface area contributed by atoms with Gasteiger partial charge in [0.15, 0.2) is 23.1 Å². The van der Waals surface area contributed by atoms with Crippen LogP contribution in [0.2, 0.25) is 0 Å². The van der Waals surface area contributed by atoms with Crippen LogP contribution in [0.1, 0.15) is 293 Å². The molecule has 16 nitrogen and oxygen atoms in total. The maximum atomic E-state index is 13.0. The average molecular weight is 1580 g/mol. The Morgan fingerprint density at radius 3 is 1.23 bits per heavy atom. The standard InChI is InChI=1S/C24H36O4.C24H38O4.C23H38O2.C22H34O6.4CH4/c1-13-14(2)18-10-17(13)21-15-8-19(22(18)21)20(9-15)23(25)26-11-16-12-27-24(28-16)6-4-3-5-7-24;1-5-6-7-24(4)27-12-16(28-24)11-26-23(25)20-9-15-8-19(20)22-18-10-17(21(15)22)13(2)14(18)3;1-5-6-7-8-22(4)24-12-23(13-25-22)11-16-9-19(23)21-18-10-17(20(16)21)14(2)15(18)3;1-14-15(2)18-8-16(14)9-21(18)12-25-20(26-13-21)19(23)24-10-17-11-27-22(28-17)6-4-3-5-7-22;;;;/h13-22H,3-12H2,1-2H3;13-22H,5-12H2,1-4H3;14-21H,5-13H2,1-4H3;14-18,20H,3-13H2,1-2H3;4*1H4. The number of hydrogen-bond donors (Lipinski definition) is 0. The maximum Gasteiger partial charge on any atom is 0.363 e.